The molecule has 0 aliphatic carbocycles. The molecule has 0 amide bonds. The first-order chi connectivity index (χ1) is 11.1. The molecule has 0 bridgehead atoms. The SMILES string of the molecule is O=C([O-])c1c(-c2ccccc2)nn(-c2ccccc2)c1C(=O)[O-]. The van der Waals surface area contributed by atoms with E-state index >= 15 is 0 Å². The fourth-order valence-corrected chi connectivity index (χ4v) is 2.35. The van der Waals surface area contributed by atoms with E-state index in [-0.39, 0.29) is 5.69 Å². The normalized spacial score (nSPS) is 10.4. The van der Waals surface area contributed by atoms with Gasteiger partial charge in [-0.3, -0.25) is 0 Å². The Kier molecular flexibility index (Phi) is 3.64. The fraction of sp³-hybridized carbons (Fsp3) is 0. The predicted octanol–water partition coefficient (Wildman–Crippen LogP) is 0.266. The molecule has 0 spiro atoms. The summed E-state index contributed by atoms with van der Waals surface area (Å²) in [4.78, 5) is 23.0. The molecular formula is C17H10N2O4-2. The number of nitrogens with zero attached hydrogens (tertiary/aromatic N) is 2. The number of carbonyl (C=O) groups excluding carboxylic acids is 2. The average molecular weight is 306 g/mol. The predicted molar refractivity (Wildman–Crippen MR) is 77.7 cm³/mol. The molecule has 1 aromatic heterocycles. The molecule has 0 unspecified atom stereocenters. The van der Waals surface area contributed by atoms with Crippen LogP contribution in [0.3, 0.4) is 0 Å². The molecule has 0 saturated heterocycles. The van der Waals surface area contributed by atoms with E-state index in [1.165, 1.54) is 0 Å². The standard InChI is InChI=1S/C17H12N2O4/c20-16(21)13-14(11-7-3-1-4-8-11)18-19(15(13)17(22)23)12-9-5-2-6-10-12/h1-10H,(H,20,21)(H,22,23)/p-2. The van der Waals surface area contributed by atoms with Gasteiger partial charge in [-0.15, -0.1) is 0 Å². The van der Waals surface area contributed by atoms with Crippen molar-refractivity contribution in [2.24, 2.45) is 0 Å². The molecule has 6 nitrogen and oxygen atoms in total. The highest BCUT2D eigenvalue weighted by molar-refractivity contribution is 6.04. The maximum absolute atomic E-state index is 11.5. The van der Waals surface area contributed by atoms with Gasteiger partial charge in [0.1, 0.15) is 5.69 Å². The van der Waals surface area contributed by atoms with Crippen molar-refractivity contribution < 1.29 is 19.8 Å². The lowest BCUT2D eigenvalue weighted by Crippen LogP contribution is -2.31. The number of rotatable bonds is 4. The summed E-state index contributed by atoms with van der Waals surface area (Å²) in [6.07, 6.45) is 0. The van der Waals surface area contributed by atoms with Gasteiger partial charge in [0, 0.05) is 5.56 Å². The highest BCUT2D eigenvalue weighted by atomic mass is 16.4. The van der Waals surface area contributed by atoms with Crippen LogP contribution in [0, 0.1) is 0 Å². The van der Waals surface area contributed by atoms with Gasteiger partial charge in [0.2, 0.25) is 0 Å². The number of aromatic nitrogens is 2. The maximum atomic E-state index is 11.5. The van der Waals surface area contributed by atoms with Gasteiger partial charge >= 0.3 is 0 Å². The summed E-state index contributed by atoms with van der Waals surface area (Å²) >= 11 is 0. The summed E-state index contributed by atoms with van der Waals surface area (Å²) in [6.45, 7) is 0. The molecule has 114 valence electrons. The quantitative estimate of drug-likeness (QED) is 0.689. The highest BCUT2D eigenvalue weighted by Gasteiger charge is 2.21. The Morgan fingerprint density at radius 2 is 1.39 bits per heavy atom. The van der Waals surface area contributed by atoms with Crippen LogP contribution in [0.1, 0.15) is 20.8 Å². The van der Waals surface area contributed by atoms with Gasteiger partial charge in [-0.25, -0.2) is 4.68 Å². The molecule has 3 rings (SSSR count). The van der Waals surface area contributed by atoms with Gasteiger partial charge in [0.05, 0.1) is 28.9 Å². The molecule has 1 heterocycles. The van der Waals surface area contributed by atoms with Crippen molar-refractivity contribution in [2.45, 2.75) is 0 Å². The summed E-state index contributed by atoms with van der Waals surface area (Å²) in [5.74, 6) is -3.26. The average Bonchev–Trinajstić information content (AvgIpc) is 2.97. The van der Waals surface area contributed by atoms with Crippen molar-refractivity contribution in [3.05, 3.63) is 71.9 Å². The number of carboxylic acids is 2. The smallest absolute Gasteiger partial charge is 0.102 e. The number of benzene rings is 2. The Morgan fingerprint density at radius 3 is 1.91 bits per heavy atom. The first-order valence-electron chi connectivity index (χ1n) is 6.76. The largest absolute Gasteiger partial charge is 0.545 e. The molecule has 0 atom stereocenters. The maximum Gasteiger partial charge on any atom is 0.102 e. The minimum Gasteiger partial charge on any atom is -0.545 e. The number of para-hydroxylation sites is 1. The summed E-state index contributed by atoms with van der Waals surface area (Å²) < 4.78 is 1.04. The molecule has 0 aliphatic heterocycles. The molecule has 6 heteroatoms. The van der Waals surface area contributed by atoms with Crippen LogP contribution >= 0.6 is 0 Å². The van der Waals surface area contributed by atoms with Crippen molar-refractivity contribution in [3.63, 3.8) is 0 Å². The minimum absolute atomic E-state index is 0.0219. The number of carboxylic acid groups (broad SMARTS) is 2. The highest BCUT2D eigenvalue weighted by Crippen LogP contribution is 2.27. The van der Waals surface area contributed by atoms with Crippen LogP contribution < -0.4 is 10.2 Å². The Morgan fingerprint density at radius 1 is 0.826 bits per heavy atom. The third-order valence-electron chi connectivity index (χ3n) is 3.33. The lowest BCUT2D eigenvalue weighted by Gasteiger charge is -2.10. The van der Waals surface area contributed by atoms with Crippen LogP contribution in [0.15, 0.2) is 60.7 Å². The van der Waals surface area contributed by atoms with Gasteiger partial charge in [-0.2, -0.15) is 5.10 Å². The molecule has 0 radical (unpaired) electrons. The number of hydrogen-bond acceptors (Lipinski definition) is 5. The van der Waals surface area contributed by atoms with E-state index in [0.717, 1.165) is 4.68 Å². The van der Waals surface area contributed by atoms with E-state index in [1.54, 1.807) is 60.7 Å². The van der Waals surface area contributed by atoms with Crippen LogP contribution in [-0.2, 0) is 0 Å². The Balaban J connectivity index is 2.34. The second-order valence-corrected chi connectivity index (χ2v) is 4.76. The molecule has 0 fully saturated rings. The second kappa shape index (κ2) is 5.76. The van der Waals surface area contributed by atoms with Gasteiger partial charge in [-0.1, -0.05) is 48.5 Å². The van der Waals surface area contributed by atoms with Crippen molar-refractivity contribution in [2.75, 3.05) is 0 Å². The van der Waals surface area contributed by atoms with Crippen LogP contribution in [-0.4, -0.2) is 21.7 Å². The first-order valence-corrected chi connectivity index (χ1v) is 6.76. The molecule has 0 saturated carbocycles. The summed E-state index contributed by atoms with van der Waals surface area (Å²) in [5.41, 5.74) is -0.135. The van der Waals surface area contributed by atoms with Crippen LogP contribution in [0.25, 0.3) is 16.9 Å². The molecule has 0 aliphatic rings. The van der Waals surface area contributed by atoms with Crippen molar-refractivity contribution in [3.8, 4) is 16.9 Å². The number of aromatic carboxylic acids is 2. The van der Waals surface area contributed by atoms with E-state index in [0.29, 0.717) is 11.3 Å². The van der Waals surface area contributed by atoms with E-state index < -0.39 is 23.2 Å². The van der Waals surface area contributed by atoms with Crippen LogP contribution in [0.2, 0.25) is 0 Å². The van der Waals surface area contributed by atoms with Gasteiger partial charge < -0.3 is 19.8 Å². The topological polar surface area (TPSA) is 98.1 Å². The van der Waals surface area contributed by atoms with E-state index in [2.05, 4.69) is 5.10 Å². The van der Waals surface area contributed by atoms with Gasteiger partial charge in [0.25, 0.3) is 0 Å². The first kappa shape index (κ1) is 14.5. The summed E-state index contributed by atoms with van der Waals surface area (Å²) in [6, 6.07) is 16.8. The molecular weight excluding hydrogens is 296 g/mol. The monoisotopic (exact) mass is 306 g/mol. The van der Waals surface area contributed by atoms with Crippen molar-refractivity contribution in [1.82, 2.24) is 9.78 Å². The van der Waals surface area contributed by atoms with Crippen molar-refractivity contribution >= 4 is 11.9 Å². The zero-order valence-corrected chi connectivity index (χ0v) is 11.8. The number of hydrogen-bond donors (Lipinski definition) is 0. The Bertz CT molecular complexity index is 798. The van der Waals surface area contributed by atoms with Gasteiger partial charge in [0.15, 0.2) is 0 Å². The summed E-state index contributed by atoms with van der Waals surface area (Å²) in [5, 5.41) is 27.2. The van der Waals surface area contributed by atoms with E-state index in [9.17, 15) is 19.8 Å². The lowest BCUT2D eigenvalue weighted by atomic mass is 10.1. The lowest BCUT2D eigenvalue weighted by molar-refractivity contribution is -0.260. The summed E-state index contributed by atoms with van der Waals surface area (Å²) in [7, 11) is 0. The zero-order valence-electron chi connectivity index (χ0n) is 11.8. The van der Waals surface area contributed by atoms with Crippen LogP contribution in [0.4, 0.5) is 0 Å². The van der Waals surface area contributed by atoms with Gasteiger partial charge in [-0.05, 0) is 12.1 Å². The van der Waals surface area contributed by atoms with Crippen molar-refractivity contribution in [1.29, 1.82) is 0 Å². The molecule has 2 aromatic carbocycles. The van der Waals surface area contributed by atoms with Crippen LogP contribution in [0.5, 0.6) is 0 Å². The third kappa shape index (κ3) is 2.57. The Hall–Kier alpha value is -3.41. The Labute approximate surface area is 131 Å². The molecule has 3 aromatic rings. The van der Waals surface area contributed by atoms with E-state index in [1.807, 2.05) is 0 Å². The van der Waals surface area contributed by atoms with E-state index in [4.69, 9.17) is 0 Å². The minimum atomic E-state index is -1.64. The number of carbonyl (C=O) groups is 2. The zero-order chi connectivity index (χ0) is 16.4. The fourth-order valence-electron chi connectivity index (χ4n) is 2.35. The molecule has 0 N–H and O–H groups in total. The molecule has 23 heavy (non-hydrogen) atoms. The third-order valence-corrected chi connectivity index (χ3v) is 3.33. The second-order valence-electron chi connectivity index (χ2n) is 4.76.